The summed E-state index contributed by atoms with van der Waals surface area (Å²) in [5.41, 5.74) is 6.80. The molecule has 0 bridgehead atoms. The van der Waals surface area contributed by atoms with E-state index in [2.05, 4.69) is 13.8 Å². The van der Waals surface area contributed by atoms with Crippen LogP contribution in [-0.4, -0.2) is 49.5 Å². The fourth-order valence-electron chi connectivity index (χ4n) is 3.16. The van der Waals surface area contributed by atoms with E-state index in [1.807, 2.05) is 31.2 Å². The molecule has 0 spiro atoms. The molecule has 2 rings (SSSR count). The first-order valence-electron chi connectivity index (χ1n) is 9.37. The zero-order valence-corrected chi connectivity index (χ0v) is 17.5. The molecule has 1 fully saturated rings. The lowest BCUT2D eigenvalue weighted by Crippen LogP contribution is -2.38. The first-order chi connectivity index (χ1) is 12.3. The van der Waals surface area contributed by atoms with Crippen LogP contribution in [0.15, 0.2) is 24.3 Å². The van der Waals surface area contributed by atoms with E-state index < -0.39 is 0 Å². The summed E-state index contributed by atoms with van der Waals surface area (Å²) in [6.07, 6.45) is 0.997. The number of halogens is 1. The van der Waals surface area contributed by atoms with Gasteiger partial charge in [0.05, 0.1) is 18.2 Å². The highest BCUT2D eigenvalue weighted by Gasteiger charge is 2.37. The van der Waals surface area contributed by atoms with E-state index in [0.29, 0.717) is 31.4 Å². The number of hydrogen-bond donors (Lipinski definition) is 1. The van der Waals surface area contributed by atoms with Gasteiger partial charge in [-0.05, 0) is 31.4 Å². The third-order valence-corrected chi connectivity index (χ3v) is 4.96. The lowest BCUT2D eigenvalue weighted by Gasteiger charge is -2.24. The highest BCUT2D eigenvalue weighted by molar-refractivity contribution is 6.01. The van der Waals surface area contributed by atoms with Crippen LogP contribution >= 0.6 is 12.4 Å². The normalized spacial score (nSPS) is 17.6. The van der Waals surface area contributed by atoms with Crippen LogP contribution in [0.5, 0.6) is 5.75 Å². The Hall–Kier alpha value is -1.79. The third-order valence-electron chi connectivity index (χ3n) is 4.96. The number of benzene rings is 1. The highest BCUT2D eigenvalue weighted by atomic mass is 35.5. The van der Waals surface area contributed by atoms with Crippen LogP contribution < -0.4 is 15.4 Å². The van der Waals surface area contributed by atoms with Crippen molar-refractivity contribution < 1.29 is 14.3 Å². The number of amides is 2. The topological polar surface area (TPSA) is 75.9 Å². The summed E-state index contributed by atoms with van der Waals surface area (Å²) in [6.45, 7) is 7.60. The predicted octanol–water partition coefficient (Wildman–Crippen LogP) is 2.69. The molecule has 6 nitrogen and oxygen atoms in total. The quantitative estimate of drug-likeness (QED) is 0.731. The number of carbonyl (C=O) groups is 2. The largest absolute Gasteiger partial charge is 0.492 e. The molecule has 1 aromatic carbocycles. The average molecular weight is 398 g/mol. The van der Waals surface area contributed by atoms with Gasteiger partial charge in [0.15, 0.2) is 0 Å². The molecule has 1 aliphatic heterocycles. The lowest BCUT2D eigenvalue weighted by molar-refractivity contribution is -0.134. The second-order valence-corrected chi connectivity index (χ2v) is 7.26. The molecule has 0 saturated carbocycles. The van der Waals surface area contributed by atoms with E-state index in [-0.39, 0.29) is 42.6 Å². The fourth-order valence-corrected chi connectivity index (χ4v) is 3.16. The second kappa shape index (κ2) is 10.5. The van der Waals surface area contributed by atoms with Crippen LogP contribution in [0.1, 0.15) is 33.6 Å². The van der Waals surface area contributed by atoms with Crippen molar-refractivity contribution in [2.24, 2.45) is 17.6 Å². The Balaban J connectivity index is 0.00000364. The van der Waals surface area contributed by atoms with Gasteiger partial charge in [0.2, 0.25) is 11.8 Å². The van der Waals surface area contributed by atoms with Crippen LogP contribution in [0, 0.1) is 11.8 Å². The molecule has 2 atom stereocenters. The van der Waals surface area contributed by atoms with Gasteiger partial charge >= 0.3 is 0 Å². The maximum absolute atomic E-state index is 12.7. The van der Waals surface area contributed by atoms with Gasteiger partial charge in [0, 0.05) is 32.6 Å². The summed E-state index contributed by atoms with van der Waals surface area (Å²) in [7, 11) is 1.79. The van der Waals surface area contributed by atoms with Crippen LogP contribution in [0.4, 0.5) is 5.69 Å². The summed E-state index contributed by atoms with van der Waals surface area (Å²) >= 11 is 0. The maximum Gasteiger partial charge on any atom is 0.227 e. The van der Waals surface area contributed by atoms with Crippen LogP contribution in [0.25, 0.3) is 0 Å². The first-order valence-corrected chi connectivity index (χ1v) is 9.37. The number of para-hydroxylation sites is 2. The molecule has 1 aliphatic rings. The van der Waals surface area contributed by atoms with E-state index in [1.54, 1.807) is 16.8 Å². The minimum Gasteiger partial charge on any atom is -0.492 e. The highest BCUT2D eigenvalue weighted by Crippen LogP contribution is 2.33. The molecular weight excluding hydrogens is 366 g/mol. The number of hydrogen-bond acceptors (Lipinski definition) is 4. The molecule has 1 heterocycles. The van der Waals surface area contributed by atoms with Crippen molar-refractivity contribution in [3.8, 4) is 5.75 Å². The van der Waals surface area contributed by atoms with E-state index in [4.69, 9.17) is 10.5 Å². The fraction of sp³-hybridized carbons (Fsp3) is 0.600. The summed E-state index contributed by atoms with van der Waals surface area (Å²) in [4.78, 5) is 28.6. The van der Waals surface area contributed by atoms with Crippen molar-refractivity contribution in [1.29, 1.82) is 0 Å². The van der Waals surface area contributed by atoms with Crippen molar-refractivity contribution >= 4 is 29.9 Å². The van der Waals surface area contributed by atoms with Gasteiger partial charge in [0.25, 0.3) is 0 Å². The van der Waals surface area contributed by atoms with Crippen molar-refractivity contribution in [3.05, 3.63) is 24.3 Å². The first kappa shape index (κ1) is 23.2. The van der Waals surface area contributed by atoms with Gasteiger partial charge in [-0.3, -0.25) is 9.59 Å². The molecular formula is C20H32ClN3O3. The lowest BCUT2D eigenvalue weighted by atomic mass is 10.0. The number of carbonyl (C=O) groups excluding carboxylic acids is 2. The predicted molar refractivity (Wildman–Crippen MR) is 110 cm³/mol. The standard InChI is InChI=1S/C20H31N3O3.ClH/c1-5-26-18-9-7-6-8-17(18)23-13-15(12-19(23)24)20(25)22(4)11-10-16(21)14(2)3;/h6-9,14-16H,5,10-13,21H2,1-4H3;1H. The number of nitrogens with zero attached hydrogens (tertiary/aromatic N) is 2. The van der Waals surface area contributed by atoms with E-state index in [1.165, 1.54) is 0 Å². The molecule has 2 amide bonds. The Bertz CT molecular complexity index is 639. The Labute approximate surface area is 168 Å². The van der Waals surface area contributed by atoms with E-state index >= 15 is 0 Å². The summed E-state index contributed by atoms with van der Waals surface area (Å²) in [6, 6.07) is 7.54. The summed E-state index contributed by atoms with van der Waals surface area (Å²) in [5.74, 6) is 0.704. The minimum atomic E-state index is -0.322. The van der Waals surface area contributed by atoms with Gasteiger partial charge in [0.1, 0.15) is 5.75 Å². The number of anilines is 1. The van der Waals surface area contributed by atoms with Gasteiger partial charge in [-0.15, -0.1) is 12.4 Å². The van der Waals surface area contributed by atoms with Gasteiger partial charge < -0.3 is 20.3 Å². The molecule has 1 saturated heterocycles. The maximum atomic E-state index is 12.7. The van der Waals surface area contributed by atoms with E-state index in [9.17, 15) is 9.59 Å². The van der Waals surface area contributed by atoms with Crippen molar-refractivity contribution in [2.75, 3.05) is 31.6 Å². The van der Waals surface area contributed by atoms with Gasteiger partial charge in [-0.25, -0.2) is 0 Å². The molecule has 2 N–H and O–H groups in total. The Kier molecular flexibility index (Phi) is 9.06. The Morgan fingerprint density at radius 1 is 1.37 bits per heavy atom. The molecule has 7 heteroatoms. The molecule has 27 heavy (non-hydrogen) atoms. The van der Waals surface area contributed by atoms with Crippen LogP contribution in [0.2, 0.25) is 0 Å². The Morgan fingerprint density at radius 2 is 2.04 bits per heavy atom. The molecule has 152 valence electrons. The second-order valence-electron chi connectivity index (χ2n) is 7.26. The van der Waals surface area contributed by atoms with Gasteiger partial charge in [-0.2, -0.15) is 0 Å². The Morgan fingerprint density at radius 3 is 2.67 bits per heavy atom. The van der Waals surface area contributed by atoms with Crippen LogP contribution in [0.3, 0.4) is 0 Å². The monoisotopic (exact) mass is 397 g/mol. The molecule has 0 aliphatic carbocycles. The zero-order chi connectivity index (χ0) is 19.3. The van der Waals surface area contributed by atoms with E-state index in [0.717, 1.165) is 12.1 Å². The smallest absolute Gasteiger partial charge is 0.227 e. The van der Waals surface area contributed by atoms with Crippen LogP contribution in [-0.2, 0) is 9.59 Å². The third kappa shape index (κ3) is 5.84. The SMILES string of the molecule is CCOc1ccccc1N1CC(C(=O)N(C)CCC(N)C(C)C)CC1=O.Cl. The summed E-state index contributed by atoms with van der Waals surface area (Å²) < 4.78 is 5.63. The number of rotatable bonds is 8. The molecule has 2 unspecified atom stereocenters. The number of ether oxygens (including phenoxy) is 1. The minimum absolute atomic E-state index is 0. The zero-order valence-electron chi connectivity index (χ0n) is 16.7. The molecule has 1 aromatic rings. The van der Waals surface area contributed by atoms with Crippen molar-refractivity contribution in [2.45, 2.75) is 39.7 Å². The molecule has 0 radical (unpaired) electrons. The van der Waals surface area contributed by atoms with Gasteiger partial charge in [-0.1, -0.05) is 26.0 Å². The molecule has 0 aromatic heterocycles. The van der Waals surface area contributed by atoms with Crippen molar-refractivity contribution in [3.63, 3.8) is 0 Å². The van der Waals surface area contributed by atoms with Crippen molar-refractivity contribution in [1.82, 2.24) is 4.90 Å². The number of nitrogens with two attached hydrogens (primary N) is 1. The summed E-state index contributed by atoms with van der Waals surface area (Å²) in [5, 5.41) is 0. The average Bonchev–Trinajstić information content (AvgIpc) is 3.00.